The normalized spacial score (nSPS) is 11.0. The molecule has 0 fully saturated rings. The summed E-state index contributed by atoms with van der Waals surface area (Å²) in [7, 11) is 0. The van der Waals surface area contributed by atoms with Crippen molar-refractivity contribution in [2.75, 3.05) is 0 Å². The van der Waals surface area contributed by atoms with Gasteiger partial charge >= 0.3 is 0 Å². The second-order valence-electron chi connectivity index (χ2n) is 5.23. The van der Waals surface area contributed by atoms with E-state index in [1.54, 1.807) is 0 Å². The van der Waals surface area contributed by atoms with E-state index in [-0.39, 0.29) is 0 Å². The highest BCUT2D eigenvalue weighted by Gasteiger charge is 2.25. The van der Waals surface area contributed by atoms with Gasteiger partial charge in [0.2, 0.25) is 0 Å². The van der Waals surface area contributed by atoms with Crippen molar-refractivity contribution >= 4 is 45.0 Å². The maximum absolute atomic E-state index is 9.67. The second-order valence-corrected chi connectivity index (χ2v) is 9.22. The molecule has 3 aromatic rings. The van der Waals surface area contributed by atoms with Gasteiger partial charge in [-0.15, -0.1) is 0 Å². The Morgan fingerprint density at radius 3 is 1.78 bits per heavy atom. The second kappa shape index (κ2) is 6.59. The molecule has 0 amide bonds. The van der Waals surface area contributed by atoms with Crippen LogP contribution < -0.4 is 15.9 Å². The van der Waals surface area contributed by atoms with Crippen molar-refractivity contribution in [3.8, 4) is 6.07 Å². The zero-order chi connectivity index (χ0) is 16.3. The van der Waals surface area contributed by atoms with Gasteiger partial charge < -0.3 is 0 Å². The molecule has 0 N–H and O–H groups in total. The van der Waals surface area contributed by atoms with Gasteiger partial charge in [-0.1, -0.05) is 79.1 Å². The van der Waals surface area contributed by atoms with Crippen LogP contribution in [0.1, 0.15) is 5.56 Å². The number of hydrogen-bond acceptors (Lipinski definition) is 1. The van der Waals surface area contributed by atoms with Crippen LogP contribution in [0.4, 0.5) is 0 Å². The lowest BCUT2D eigenvalue weighted by Gasteiger charge is -2.27. The fourth-order valence-corrected chi connectivity index (χ4v) is 6.45. The van der Waals surface area contributed by atoms with Crippen LogP contribution in [0.25, 0.3) is 0 Å². The number of hydrogen-bond donors (Lipinski definition) is 0. The Morgan fingerprint density at radius 2 is 1.30 bits per heavy atom. The van der Waals surface area contributed by atoms with Gasteiger partial charge in [0.1, 0.15) is 6.07 Å². The predicted molar refractivity (Wildman–Crippen MR) is 105 cm³/mol. The van der Waals surface area contributed by atoms with Gasteiger partial charge in [-0.2, -0.15) is 5.26 Å². The van der Waals surface area contributed by atoms with E-state index in [4.69, 9.17) is 0 Å². The summed E-state index contributed by atoms with van der Waals surface area (Å²) in [4.78, 5) is 0. The van der Waals surface area contributed by atoms with Crippen molar-refractivity contribution in [3.05, 3.63) is 88.9 Å². The Bertz CT molecular complexity index is 868. The maximum Gasteiger partial charge on any atom is 0.101 e. The van der Waals surface area contributed by atoms with Crippen molar-refractivity contribution in [1.82, 2.24) is 0 Å². The van der Waals surface area contributed by atoms with E-state index in [2.05, 4.69) is 52.6 Å². The summed E-state index contributed by atoms with van der Waals surface area (Å²) >= 11 is 3.51. The van der Waals surface area contributed by atoms with Crippen LogP contribution in [0.15, 0.2) is 83.3 Å². The molecule has 0 atom stereocenters. The Hall–Kier alpha value is -2.07. The Labute approximate surface area is 145 Å². The van der Waals surface area contributed by atoms with Gasteiger partial charge in [0, 0.05) is 9.78 Å². The summed E-state index contributed by atoms with van der Waals surface area (Å²) < 4.78 is 0.817. The minimum atomic E-state index is -2.11. The molecule has 0 unspecified atom stereocenters. The monoisotopic (exact) mass is 379 g/mol. The van der Waals surface area contributed by atoms with E-state index >= 15 is 0 Å². The average Bonchev–Trinajstić information content (AvgIpc) is 2.62. The molecule has 1 nitrogen and oxygen atoms in total. The molecule has 0 spiro atoms. The molecule has 0 bridgehead atoms. The average molecular weight is 380 g/mol. The maximum atomic E-state index is 9.67. The molecule has 0 heterocycles. The van der Waals surface area contributed by atoms with E-state index in [1.165, 1.54) is 10.6 Å². The highest BCUT2D eigenvalue weighted by atomic mass is 79.9. The highest BCUT2D eigenvalue weighted by molar-refractivity contribution is 9.10. The SMILES string of the molecule is C=P(c1ccccc1)(c1ccccc1)c1cccc(Br)c1C#N. The Kier molecular flexibility index (Phi) is 4.53. The van der Waals surface area contributed by atoms with Gasteiger partial charge in [-0.25, -0.2) is 0 Å². The summed E-state index contributed by atoms with van der Waals surface area (Å²) in [5.41, 5.74) is 0.670. The van der Waals surface area contributed by atoms with E-state index < -0.39 is 6.89 Å². The quantitative estimate of drug-likeness (QED) is 0.629. The summed E-state index contributed by atoms with van der Waals surface area (Å²) in [6.45, 7) is -2.11. The highest BCUT2D eigenvalue weighted by Crippen LogP contribution is 2.43. The minimum absolute atomic E-state index is 0.670. The van der Waals surface area contributed by atoms with Crippen molar-refractivity contribution in [2.24, 2.45) is 0 Å². The first kappa shape index (κ1) is 15.8. The lowest BCUT2D eigenvalue weighted by atomic mass is 10.2. The fraction of sp³-hybridized carbons (Fsp3) is 0. The molecule has 0 saturated heterocycles. The van der Waals surface area contributed by atoms with E-state index in [1.807, 2.05) is 54.6 Å². The van der Waals surface area contributed by atoms with Crippen molar-refractivity contribution in [3.63, 3.8) is 0 Å². The molecule has 0 aliphatic heterocycles. The van der Waals surface area contributed by atoms with Crippen LogP contribution in [0.2, 0.25) is 0 Å². The first-order chi connectivity index (χ1) is 11.2. The number of nitrogens with zero attached hydrogens (tertiary/aromatic N) is 1. The number of halogens is 1. The summed E-state index contributed by atoms with van der Waals surface area (Å²) in [6, 6.07) is 28.8. The molecule has 0 aliphatic carbocycles. The first-order valence-electron chi connectivity index (χ1n) is 7.22. The largest absolute Gasteiger partial charge is 0.192 e. The minimum Gasteiger partial charge on any atom is -0.192 e. The van der Waals surface area contributed by atoms with Crippen LogP contribution >= 0.6 is 22.8 Å². The number of rotatable bonds is 3. The molecule has 3 aromatic carbocycles. The number of benzene rings is 3. The predicted octanol–water partition coefficient (Wildman–Crippen LogP) is 4.05. The zero-order valence-electron chi connectivity index (χ0n) is 12.5. The van der Waals surface area contributed by atoms with E-state index in [0.717, 1.165) is 9.78 Å². The summed E-state index contributed by atoms with van der Waals surface area (Å²) in [5.74, 6) is 0. The summed E-state index contributed by atoms with van der Waals surface area (Å²) in [6.07, 6.45) is 4.67. The van der Waals surface area contributed by atoms with Crippen LogP contribution in [0.3, 0.4) is 0 Å². The Morgan fingerprint density at radius 1 is 0.783 bits per heavy atom. The van der Waals surface area contributed by atoms with Crippen molar-refractivity contribution in [2.45, 2.75) is 0 Å². The van der Waals surface area contributed by atoms with Crippen molar-refractivity contribution in [1.29, 1.82) is 5.26 Å². The summed E-state index contributed by atoms with van der Waals surface area (Å²) in [5, 5.41) is 13.0. The third kappa shape index (κ3) is 2.79. The topological polar surface area (TPSA) is 23.8 Å². The standard InChI is InChI=1S/C20H15BrNP/c1-23(16-9-4-2-5-10-16,17-11-6-3-7-12-17)20-14-8-13-19(21)18(20)15-22/h2-14H,1H2. The molecule has 23 heavy (non-hydrogen) atoms. The lowest BCUT2D eigenvalue weighted by Crippen LogP contribution is -2.27. The molecule has 0 aliphatic rings. The Balaban J connectivity index is 2.38. The third-order valence-electron chi connectivity index (χ3n) is 3.91. The van der Waals surface area contributed by atoms with Crippen LogP contribution in [0.5, 0.6) is 0 Å². The van der Waals surface area contributed by atoms with Gasteiger partial charge in [0.25, 0.3) is 0 Å². The van der Waals surface area contributed by atoms with Gasteiger partial charge in [0.15, 0.2) is 0 Å². The van der Waals surface area contributed by atoms with Gasteiger partial charge in [-0.05, 0) is 39.5 Å². The van der Waals surface area contributed by atoms with Gasteiger partial charge in [-0.3, -0.25) is 0 Å². The van der Waals surface area contributed by atoms with E-state index in [0.29, 0.717) is 5.56 Å². The molecule has 3 rings (SSSR count). The smallest absolute Gasteiger partial charge is 0.101 e. The van der Waals surface area contributed by atoms with Crippen LogP contribution in [-0.2, 0) is 0 Å². The first-order valence-corrected chi connectivity index (χ1v) is 9.98. The number of nitriles is 1. The molecular weight excluding hydrogens is 365 g/mol. The lowest BCUT2D eigenvalue weighted by molar-refractivity contribution is 1.48. The van der Waals surface area contributed by atoms with Crippen molar-refractivity contribution < 1.29 is 0 Å². The molecule has 0 aromatic heterocycles. The van der Waals surface area contributed by atoms with Gasteiger partial charge in [0.05, 0.1) is 5.56 Å². The third-order valence-corrected chi connectivity index (χ3v) is 8.12. The fourth-order valence-electron chi connectivity index (χ4n) is 2.73. The van der Waals surface area contributed by atoms with Crippen LogP contribution in [-0.4, -0.2) is 6.30 Å². The molecule has 3 heteroatoms. The zero-order valence-corrected chi connectivity index (χ0v) is 15.0. The molecule has 0 saturated carbocycles. The molecular formula is C20H15BrNP. The molecule has 0 radical (unpaired) electrons. The molecule has 112 valence electrons. The van der Waals surface area contributed by atoms with E-state index in [9.17, 15) is 5.26 Å². The van der Waals surface area contributed by atoms with Crippen LogP contribution in [0, 0.1) is 11.3 Å².